The summed E-state index contributed by atoms with van der Waals surface area (Å²) >= 11 is 5.93. The van der Waals surface area contributed by atoms with Gasteiger partial charge >= 0.3 is 0 Å². The van der Waals surface area contributed by atoms with Crippen LogP contribution < -0.4 is 5.32 Å². The molecule has 3 nitrogen and oxygen atoms in total. The molecule has 0 aliphatic carbocycles. The maximum Gasteiger partial charge on any atom is 0.0789 e. The zero-order chi connectivity index (χ0) is 10.8. The number of hydrogen-bond acceptors (Lipinski definition) is 3. The van der Waals surface area contributed by atoms with Crippen molar-refractivity contribution in [2.75, 3.05) is 5.32 Å². The molecular weight excluding hydrogens is 200 g/mol. The zero-order valence-electron chi connectivity index (χ0n) is 8.58. The molecule has 0 saturated heterocycles. The Kier molecular flexibility index (Phi) is 3.34. The van der Waals surface area contributed by atoms with Gasteiger partial charge in [-0.05, 0) is 26.8 Å². The lowest BCUT2D eigenvalue weighted by molar-refractivity contribution is 0.0649. The molecule has 1 heterocycles. The SMILES string of the molecule is CC(Nc1cnccc1Cl)C(C)(C)O. The number of aliphatic hydroxyl groups is 1. The van der Waals surface area contributed by atoms with Gasteiger partial charge in [-0.3, -0.25) is 4.98 Å². The molecule has 0 saturated carbocycles. The number of pyridine rings is 1. The molecule has 0 aliphatic rings. The summed E-state index contributed by atoms with van der Waals surface area (Å²) in [5.74, 6) is 0. The zero-order valence-corrected chi connectivity index (χ0v) is 9.34. The quantitative estimate of drug-likeness (QED) is 0.812. The molecule has 4 heteroatoms. The summed E-state index contributed by atoms with van der Waals surface area (Å²) in [5, 5.41) is 13.4. The molecule has 1 aromatic rings. The molecule has 0 amide bonds. The van der Waals surface area contributed by atoms with Crippen molar-refractivity contribution >= 4 is 17.3 Å². The molecular formula is C10H15ClN2O. The Hall–Kier alpha value is -0.800. The standard InChI is InChI=1S/C10H15ClN2O/c1-7(10(2,3)14)13-9-6-12-5-4-8(9)11/h4-7,13-14H,1-3H3. The molecule has 2 N–H and O–H groups in total. The van der Waals surface area contributed by atoms with Crippen molar-refractivity contribution in [3.63, 3.8) is 0 Å². The van der Waals surface area contributed by atoms with Crippen LogP contribution >= 0.6 is 11.6 Å². The molecule has 0 radical (unpaired) electrons. The maximum absolute atomic E-state index is 9.71. The number of nitrogens with one attached hydrogen (secondary N) is 1. The second-order valence-corrected chi connectivity index (χ2v) is 4.28. The number of nitrogens with zero attached hydrogens (tertiary/aromatic N) is 1. The summed E-state index contributed by atoms with van der Waals surface area (Å²) in [6.07, 6.45) is 3.27. The monoisotopic (exact) mass is 214 g/mol. The van der Waals surface area contributed by atoms with Crippen molar-refractivity contribution in [2.24, 2.45) is 0 Å². The fourth-order valence-corrected chi connectivity index (χ4v) is 1.05. The Bertz CT molecular complexity index is 309. The van der Waals surface area contributed by atoms with Crippen molar-refractivity contribution in [1.29, 1.82) is 0 Å². The highest BCUT2D eigenvalue weighted by atomic mass is 35.5. The van der Waals surface area contributed by atoms with Gasteiger partial charge in [0.1, 0.15) is 0 Å². The molecule has 1 rings (SSSR count). The van der Waals surface area contributed by atoms with E-state index in [-0.39, 0.29) is 6.04 Å². The summed E-state index contributed by atoms with van der Waals surface area (Å²) in [6, 6.07) is 1.62. The van der Waals surface area contributed by atoms with Gasteiger partial charge in [-0.2, -0.15) is 0 Å². The first-order valence-electron chi connectivity index (χ1n) is 4.49. The highest BCUT2D eigenvalue weighted by Gasteiger charge is 2.22. The van der Waals surface area contributed by atoms with Crippen molar-refractivity contribution < 1.29 is 5.11 Å². The van der Waals surface area contributed by atoms with Crippen LogP contribution in [0.25, 0.3) is 0 Å². The number of rotatable bonds is 3. The molecule has 1 unspecified atom stereocenters. The largest absolute Gasteiger partial charge is 0.388 e. The van der Waals surface area contributed by atoms with E-state index in [0.29, 0.717) is 5.02 Å². The minimum absolute atomic E-state index is 0.0933. The Labute approximate surface area is 89.1 Å². The van der Waals surface area contributed by atoms with Gasteiger partial charge in [0.25, 0.3) is 0 Å². The maximum atomic E-state index is 9.71. The molecule has 14 heavy (non-hydrogen) atoms. The van der Waals surface area contributed by atoms with Gasteiger partial charge in [0, 0.05) is 6.20 Å². The smallest absolute Gasteiger partial charge is 0.0789 e. The first-order valence-corrected chi connectivity index (χ1v) is 4.87. The number of halogens is 1. The van der Waals surface area contributed by atoms with Crippen LogP contribution in [0.2, 0.25) is 5.02 Å². The topological polar surface area (TPSA) is 45.2 Å². The molecule has 1 atom stereocenters. The van der Waals surface area contributed by atoms with Crippen molar-refractivity contribution in [3.05, 3.63) is 23.5 Å². The summed E-state index contributed by atoms with van der Waals surface area (Å²) in [5.41, 5.74) is -0.0529. The van der Waals surface area contributed by atoms with E-state index < -0.39 is 5.60 Å². The second kappa shape index (κ2) is 4.15. The van der Waals surface area contributed by atoms with Crippen molar-refractivity contribution in [2.45, 2.75) is 32.4 Å². The summed E-state index contributed by atoms with van der Waals surface area (Å²) in [4.78, 5) is 3.95. The number of hydrogen-bond donors (Lipinski definition) is 2. The lowest BCUT2D eigenvalue weighted by atomic mass is 10.0. The Morgan fingerprint density at radius 2 is 2.21 bits per heavy atom. The molecule has 78 valence electrons. The van der Waals surface area contributed by atoms with Gasteiger partial charge in [-0.15, -0.1) is 0 Å². The highest BCUT2D eigenvalue weighted by molar-refractivity contribution is 6.33. The fraction of sp³-hybridized carbons (Fsp3) is 0.500. The average molecular weight is 215 g/mol. The fourth-order valence-electron chi connectivity index (χ4n) is 0.894. The highest BCUT2D eigenvalue weighted by Crippen LogP contribution is 2.22. The molecule has 0 bridgehead atoms. The predicted octanol–water partition coefficient (Wildman–Crippen LogP) is 2.31. The first kappa shape index (κ1) is 11.3. The van der Waals surface area contributed by atoms with Gasteiger partial charge in [-0.1, -0.05) is 11.6 Å². The van der Waals surface area contributed by atoms with Crippen molar-refractivity contribution in [3.8, 4) is 0 Å². The first-order chi connectivity index (χ1) is 6.41. The lowest BCUT2D eigenvalue weighted by Gasteiger charge is -2.27. The van der Waals surface area contributed by atoms with E-state index in [1.165, 1.54) is 0 Å². The minimum atomic E-state index is -0.792. The third-order valence-corrected chi connectivity index (χ3v) is 2.53. The number of aromatic nitrogens is 1. The molecule has 1 aromatic heterocycles. The summed E-state index contributed by atoms with van der Waals surface area (Å²) in [7, 11) is 0. The number of anilines is 1. The van der Waals surface area contributed by atoms with E-state index in [2.05, 4.69) is 10.3 Å². The molecule has 0 fully saturated rings. The van der Waals surface area contributed by atoms with Gasteiger partial charge in [0.05, 0.1) is 28.5 Å². The van der Waals surface area contributed by atoms with Crippen LogP contribution in [0.15, 0.2) is 18.5 Å². The lowest BCUT2D eigenvalue weighted by Crippen LogP contribution is -2.39. The third kappa shape index (κ3) is 2.86. The van der Waals surface area contributed by atoms with Gasteiger partial charge in [-0.25, -0.2) is 0 Å². The van der Waals surface area contributed by atoms with Crippen LogP contribution in [0.1, 0.15) is 20.8 Å². The second-order valence-electron chi connectivity index (χ2n) is 3.88. The molecule has 0 spiro atoms. The average Bonchev–Trinajstić information content (AvgIpc) is 2.07. The van der Waals surface area contributed by atoms with Crippen molar-refractivity contribution in [1.82, 2.24) is 4.98 Å². The van der Waals surface area contributed by atoms with E-state index in [4.69, 9.17) is 11.6 Å². The van der Waals surface area contributed by atoms with E-state index in [1.807, 2.05) is 6.92 Å². The third-order valence-electron chi connectivity index (χ3n) is 2.20. The molecule has 0 aliphatic heterocycles. The Morgan fingerprint density at radius 3 is 2.71 bits per heavy atom. The predicted molar refractivity (Wildman–Crippen MR) is 58.6 cm³/mol. The van der Waals surface area contributed by atoms with E-state index in [9.17, 15) is 5.11 Å². The van der Waals surface area contributed by atoms with Gasteiger partial charge in [0.2, 0.25) is 0 Å². The van der Waals surface area contributed by atoms with E-state index >= 15 is 0 Å². The van der Waals surface area contributed by atoms with Crippen LogP contribution in [-0.2, 0) is 0 Å². The van der Waals surface area contributed by atoms with E-state index in [0.717, 1.165) is 5.69 Å². The minimum Gasteiger partial charge on any atom is -0.388 e. The summed E-state index contributed by atoms with van der Waals surface area (Å²) < 4.78 is 0. The Morgan fingerprint density at radius 1 is 1.57 bits per heavy atom. The Balaban J connectivity index is 2.75. The molecule has 0 aromatic carbocycles. The van der Waals surface area contributed by atoms with Crippen LogP contribution in [0.3, 0.4) is 0 Å². The van der Waals surface area contributed by atoms with Gasteiger partial charge < -0.3 is 10.4 Å². The van der Waals surface area contributed by atoms with Gasteiger partial charge in [0.15, 0.2) is 0 Å². The van der Waals surface area contributed by atoms with Crippen LogP contribution in [0.5, 0.6) is 0 Å². The van der Waals surface area contributed by atoms with Crippen LogP contribution in [0.4, 0.5) is 5.69 Å². The van der Waals surface area contributed by atoms with Crippen LogP contribution in [-0.4, -0.2) is 21.7 Å². The van der Waals surface area contributed by atoms with E-state index in [1.54, 1.807) is 32.3 Å². The summed E-state index contributed by atoms with van der Waals surface area (Å²) in [6.45, 7) is 5.38. The normalized spacial score (nSPS) is 13.8. The van der Waals surface area contributed by atoms with Crippen LogP contribution in [0, 0.1) is 0 Å².